The quantitative estimate of drug-likeness (QED) is 0.139. The van der Waals surface area contributed by atoms with E-state index in [9.17, 15) is 29.1 Å². The lowest BCUT2D eigenvalue weighted by Gasteiger charge is -2.43. The smallest absolute Gasteiger partial charge is 0.339 e. The first-order valence-electron chi connectivity index (χ1n) is 13.2. The number of ether oxygens (including phenoxy) is 6. The second-order valence-corrected chi connectivity index (χ2v) is 11.6. The number of nitrogens with one attached hydrogen (secondary N) is 1. The van der Waals surface area contributed by atoms with Gasteiger partial charge in [-0.3, -0.25) is 19.2 Å². The summed E-state index contributed by atoms with van der Waals surface area (Å²) in [6.45, 7) is 2.87. The lowest BCUT2D eigenvalue weighted by Crippen LogP contribution is -2.64. The number of aliphatic hydroxyl groups is 1. The summed E-state index contributed by atoms with van der Waals surface area (Å²) in [6, 6.07) is 9.92. The fraction of sp³-hybridized carbons (Fsp3) is 0.429. The van der Waals surface area contributed by atoms with Gasteiger partial charge in [-0.25, -0.2) is 9.78 Å². The molecule has 0 spiro atoms. The molecule has 0 saturated carbocycles. The van der Waals surface area contributed by atoms with Crippen LogP contribution in [0.4, 0.5) is 5.69 Å². The molecular formula is C28H32N2O12S2. The molecule has 1 fully saturated rings. The fourth-order valence-corrected chi connectivity index (χ4v) is 5.89. The van der Waals surface area contributed by atoms with Crippen LogP contribution in [0.3, 0.4) is 0 Å². The van der Waals surface area contributed by atoms with E-state index in [-0.39, 0.29) is 30.4 Å². The van der Waals surface area contributed by atoms with E-state index in [4.69, 9.17) is 28.4 Å². The molecule has 3 rings (SSSR count). The van der Waals surface area contributed by atoms with Crippen LogP contribution in [0.15, 0.2) is 47.6 Å². The molecule has 1 aromatic heterocycles. The number of hydrogen-bond acceptors (Lipinski definition) is 15. The van der Waals surface area contributed by atoms with Gasteiger partial charge in [0.1, 0.15) is 10.8 Å². The van der Waals surface area contributed by atoms with Crippen LogP contribution in [-0.4, -0.2) is 83.4 Å². The van der Waals surface area contributed by atoms with E-state index in [1.54, 1.807) is 12.3 Å². The Bertz CT molecular complexity index is 1330. The molecule has 2 aromatic rings. The number of rotatable bonds is 13. The number of carbonyl (C=O) groups excluding carboxylic acids is 5. The van der Waals surface area contributed by atoms with Crippen molar-refractivity contribution in [3.05, 3.63) is 48.2 Å². The molecule has 238 valence electrons. The molecule has 16 heteroatoms. The Morgan fingerprint density at radius 2 is 1.64 bits per heavy atom. The number of nitrogens with zero attached hydrogens (tertiary/aromatic N) is 1. The lowest BCUT2D eigenvalue weighted by molar-refractivity contribution is -0.282. The third-order valence-corrected chi connectivity index (χ3v) is 8.04. The van der Waals surface area contributed by atoms with Gasteiger partial charge in [0.15, 0.2) is 18.3 Å². The average Bonchev–Trinajstić information content (AvgIpc) is 2.98. The first-order chi connectivity index (χ1) is 21.0. The summed E-state index contributed by atoms with van der Waals surface area (Å²) in [6.07, 6.45) is -6.15. The summed E-state index contributed by atoms with van der Waals surface area (Å²) in [5.41, 5.74) is 0.573. The zero-order valence-corrected chi connectivity index (χ0v) is 25.9. The number of carbonyl (C=O) groups is 5. The fourth-order valence-electron chi connectivity index (χ4n) is 4.02. The molecule has 5 atom stereocenters. The van der Waals surface area contributed by atoms with Gasteiger partial charge in [0.25, 0.3) is 0 Å². The third kappa shape index (κ3) is 10.1. The van der Waals surface area contributed by atoms with Gasteiger partial charge < -0.3 is 38.8 Å². The van der Waals surface area contributed by atoms with Crippen LogP contribution in [0, 0.1) is 0 Å². The topological polar surface area (TPSA) is 186 Å². The Labute approximate surface area is 260 Å². The summed E-state index contributed by atoms with van der Waals surface area (Å²) in [4.78, 5) is 65.8. The molecule has 0 bridgehead atoms. The van der Waals surface area contributed by atoms with E-state index in [1.165, 1.54) is 39.8 Å². The Kier molecular flexibility index (Phi) is 13.3. The standard InChI is InChI=1S/C28H32N2O12S2/c1-15(32)38-23-24(39-16(2)33)26(40-17(3)34)28(42-25(23)27(36)37-4)41-20-9-8-18(14-31)13-19(20)30-21(35)10-12-43-44-22-7-5-6-11-29-22/h5-9,11,13,23-26,28,31H,10,12,14H2,1-4H3,(H,30,35)/t23-,24-,25-,26+,28+/m0/s1. The number of benzene rings is 1. The minimum absolute atomic E-state index is 0.00402. The van der Waals surface area contributed by atoms with Gasteiger partial charge in [-0.15, -0.1) is 0 Å². The van der Waals surface area contributed by atoms with E-state index < -0.39 is 54.6 Å². The van der Waals surface area contributed by atoms with Gasteiger partial charge in [-0.2, -0.15) is 0 Å². The van der Waals surface area contributed by atoms with Gasteiger partial charge in [-0.05, 0) is 40.6 Å². The summed E-state index contributed by atoms with van der Waals surface area (Å²) >= 11 is 0. The molecule has 0 aliphatic carbocycles. The van der Waals surface area contributed by atoms with Gasteiger partial charge in [0.2, 0.25) is 18.3 Å². The van der Waals surface area contributed by atoms with Crippen molar-refractivity contribution in [3.63, 3.8) is 0 Å². The molecule has 0 unspecified atom stereocenters. The maximum atomic E-state index is 12.8. The number of hydrogen-bond donors (Lipinski definition) is 2. The maximum Gasteiger partial charge on any atom is 0.339 e. The Balaban J connectivity index is 1.87. The molecular weight excluding hydrogens is 620 g/mol. The number of amides is 1. The Morgan fingerprint density at radius 3 is 2.25 bits per heavy atom. The molecule has 1 saturated heterocycles. The SMILES string of the molecule is COC(=O)[C@H]1O[C@@H](Oc2ccc(CO)cc2NC(=O)CCSSc2ccccn2)[C@H](OC(C)=O)[C@@H](OC(C)=O)[C@@H]1OC(C)=O. The summed E-state index contributed by atoms with van der Waals surface area (Å²) in [5, 5.41) is 13.2. The number of aromatic nitrogens is 1. The molecule has 1 aliphatic rings. The van der Waals surface area contributed by atoms with Crippen LogP contribution >= 0.6 is 21.6 Å². The highest BCUT2D eigenvalue weighted by molar-refractivity contribution is 8.76. The van der Waals surface area contributed by atoms with E-state index in [0.717, 1.165) is 32.9 Å². The molecule has 1 aromatic carbocycles. The van der Waals surface area contributed by atoms with Crippen LogP contribution in [0.5, 0.6) is 5.75 Å². The number of esters is 4. The van der Waals surface area contributed by atoms with Crippen molar-refractivity contribution in [2.24, 2.45) is 0 Å². The monoisotopic (exact) mass is 652 g/mol. The van der Waals surface area contributed by atoms with E-state index in [0.29, 0.717) is 11.3 Å². The molecule has 14 nitrogen and oxygen atoms in total. The Hall–Kier alpha value is -3.86. The van der Waals surface area contributed by atoms with Crippen LogP contribution < -0.4 is 10.1 Å². The van der Waals surface area contributed by atoms with Crippen LogP contribution in [0.2, 0.25) is 0 Å². The second-order valence-electron chi connectivity index (χ2n) is 9.15. The van der Waals surface area contributed by atoms with Gasteiger partial charge in [0, 0.05) is 39.1 Å². The van der Waals surface area contributed by atoms with Crippen molar-refractivity contribution in [2.75, 3.05) is 18.2 Å². The summed E-state index contributed by atoms with van der Waals surface area (Å²) < 4.78 is 32.6. The molecule has 0 radical (unpaired) electrons. The first-order valence-corrected chi connectivity index (χ1v) is 15.5. The first kappa shape index (κ1) is 34.6. The van der Waals surface area contributed by atoms with Crippen molar-refractivity contribution >= 4 is 57.1 Å². The highest BCUT2D eigenvalue weighted by Crippen LogP contribution is 2.35. The van der Waals surface area contributed by atoms with Gasteiger partial charge in [0.05, 0.1) is 19.4 Å². The largest absolute Gasteiger partial charge is 0.467 e. The van der Waals surface area contributed by atoms with Crippen LogP contribution in [0.1, 0.15) is 32.8 Å². The maximum absolute atomic E-state index is 12.8. The third-order valence-electron chi connectivity index (χ3n) is 5.77. The summed E-state index contributed by atoms with van der Waals surface area (Å²) in [5.74, 6) is -3.42. The molecule has 2 heterocycles. The molecule has 2 N–H and O–H groups in total. The molecule has 1 amide bonds. The van der Waals surface area contributed by atoms with Crippen LogP contribution in [0.25, 0.3) is 0 Å². The second kappa shape index (κ2) is 16.8. The Morgan fingerprint density at radius 1 is 0.955 bits per heavy atom. The lowest BCUT2D eigenvalue weighted by atomic mass is 9.97. The number of methoxy groups -OCH3 is 1. The van der Waals surface area contributed by atoms with E-state index >= 15 is 0 Å². The van der Waals surface area contributed by atoms with Crippen LogP contribution in [-0.2, 0) is 54.3 Å². The minimum Gasteiger partial charge on any atom is -0.467 e. The van der Waals surface area contributed by atoms with Gasteiger partial charge >= 0.3 is 23.9 Å². The average molecular weight is 653 g/mol. The zero-order valence-electron chi connectivity index (χ0n) is 24.3. The van der Waals surface area contributed by atoms with Crippen molar-refractivity contribution in [1.82, 2.24) is 4.98 Å². The minimum atomic E-state index is -1.66. The van der Waals surface area contributed by atoms with Crippen molar-refractivity contribution in [2.45, 2.75) is 69.5 Å². The highest BCUT2D eigenvalue weighted by Gasteiger charge is 2.56. The number of anilines is 1. The summed E-state index contributed by atoms with van der Waals surface area (Å²) in [7, 11) is 3.93. The zero-order chi connectivity index (χ0) is 32.2. The van der Waals surface area contributed by atoms with E-state index in [1.807, 2.05) is 12.1 Å². The van der Waals surface area contributed by atoms with Gasteiger partial charge in [-0.1, -0.05) is 22.9 Å². The van der Waals surface area contributed by atoms with Crippen molar-refractivity contribution in [3.8, 4) is 5.75 Å². The predicted octanol–water partition coefficient (Wildman–Crippen LogP) is 2.41. The molecule has 44 heavy (non-hydrogen) atoms. The van der Waals surface area contributed by atoms with Crippen molar-refractivity contribution in [1.29, 1.82) is 0 Å². The highest BCUT2D eigenvalue weighted by atomic mass is 33.1. The normalized spacial score (nSPS) is 21.0. The number of aliphatic hydroxyl groups excluding tert-OH is 1. The van der Waals surface area contributed by atoms with E-state index in [2.05, 4.69) is 10.3 Å². The predicted molar refractivity (Wildman–Crippen MR) is 156 cm³/mol. The number of pyridine rings is 1. The van der Waals surface area contributed by atoms with Crippen molar-refractivity contribution < 1.29 is 57.5 Å². The molecule has 1 aliphatic heterocycles.